The molecule has 6 heteroatoms. The predicted octanol–water partition coefficient (Wildman–Crippen LogP) is 2.38. The Morgan fingerprint density at radius 1 is 1.07 bits per heavy atom. The third-order valence-corrected chi connectivity index (χ3v) is 6.88. The van der Waals surface area contributed by atoms with Crippen LogP contribution in [0, 0.1) is 25.7 Å². The summed E-state index contributed by atoms with van der Waals surface area (Å²) in [6.07, 6.45) is 5.01. The molecule has 1 aliphatic carbocycles. The van der Waals surface area contributed by atoms with E-state index in [1.165, 1.54) is 37.8 Å². The van der Waals surface area contributed by atoms with Crippen LogP contribution in [0.25, 0.3) is 0 Å². The molecule has 1 N–H and O–H groups in total. The molecular weight excluding hydrogens is 378 g/mol. The molecule has 1 aromatic rings. The number of piperidine rings is 1. The van der Waals surface area contributed by atoms with Crippen molar-refractivity contribution in [3.8, 4) is 0 Å². The number of nitrogens with one attached hydrogen (secondary N) is 1. The Kier molecular flexibility index (Phi) is 6.74. The lowest BCUT2D eigenvalue weighted by Crippen LogP contribution is -2.52. The second-order valence-corrected chi connectivity index (χ2v) is 9.43. The SMILES string of the molecule is Cc1ccc(C(=O)NC[C@H]2CN(CC3CCN(CC4CC4)CC3)C(=O)CO2)cc1C. The molecule has 1 saturated carbocycles. The molecule has 30 heavy (non-hydrogen) atoms. The van der Waals surface area contributed by atoms with Crippen molar-refractivity contribution in [3.63, 3.8) is 0 Å². The van der Waals surface area contributed by atoms with Crippen molar-refractivity contribution < 1.29 is 14.3 Å². The van der Waals surface area contributed by atoms with Gasteiger partial charge in [-0.25, -0.2) is 0 Å². The number of morpholine rings is 1. The molecule has 2 amide bonds. The molecule has 1 aromatic carbocycles. The number of hydrogen-bond donors (Lipinski definition) is 1. The zero-order chi connectivity index (χ0) is 21.1. The molecule has 3 fully saturated rings. The summed E-state index contributed by atoms with van der Waals surface area (Å²) in [5.74, 6) is 1.51. The zero-order valence-corrected chi connectivity index (χ0v) is 18.4. The van der Waals surface area contributed by atoms with Crippen molar-refractivity contribution in [2.75, 3.05) is 45.9 Å². The van der Waals surface area contributed by atoms with Crippen molar-refractivity contribution in [2.45, 2.75) is 45.6 Å². The highest BCUT2D eigenvalue weighted by Crippen LogP contribution is 2.31. The fourth-order valence-electron chi connectivity index (χ4n) is 4.50. The van der Waals surface area contributed by atoms with Crippen LogP contribution in [0.1, 0.15) is 47.2 Å². The molecule has 0 radical (unpaired) electrons. The third-order valence-electron chi connectivity index (χ3n) is 6.88. The van der Waals surface area contributed by atoms with E-state index in [2.05, 4.69) is 10.2 Å². The number of amides is 2. The summed E-state index contributed by atoms with van der Waals surface area (Å²) < 4.78 is 5.69. The Labute approximate surface area is 179 Å². The molecule has 0 bridgehead atoms. The van der Waals surface area contributed by atoms with E-state index in [1.54, 1.807) is 0 Å². The Morgan fingerprint density at radius 2 is 1.80 bits per heavy atom. The third kappa shape index (κ3) is 5.61. The van der Waals surface area contributed by atoms with Gasteiger partial charge < -0.3 is 19.9 Å². The number of rotatable bonds is 7. The van der Waals surface area contributed by atoms with Crippen LogP contribution in [0.4, 0.5) is 0 Å². The van der Waals surface area contributed by atoms with Crippen molar-refractivity contribution in [1.29, 1.82) is 0 Å². The summed E-state index contributed by atoms with van der Waals surface area (Å²) in [6, 6.07) is 5.74. The van der Waals surface area contributed by atoms with Crippen molar-refractivity contribution in [1.82, 2.24) is 15.1 Å². The number of aryl methyl sites for hydroxylation is 2. The van der Waals surface area contributed by atoms with Crippen molar-refractivity contribution in [3.05, 3.63) is 34.9 Å². The minimum absolute atomic E-state index is 0.0761. The van der Waals surface area contributed by atoms with Gasteiger partial charge in [-0.05, 0) is 87.7 Å². The number of carbonyl (C=O) groups excluding carboxylic acids is 2. The predicted molar refractivity (Wildman–Crippen MR) is 116 cm³/mol. The van der Waals surface area contributed by atoms with E-state index in [9.17, 15) is 9.59 Å². The summed E-state index contributed by atoms with van der Waals surface area (Å²) >= 11 is 0. The van der Waals surface area contributed by atoms with Crippen LogP contribution < -0.4 is 5.32 Å². The lowest BCUT2D eigenvalue weighted by Gasteiger charge is -2.38. The van der Waals surface area contributed by atoms with Gasteiger partial charge in [0.25, 0.3) is 5.91 Å². The molecule has 1 atom stereocenters. The average Bonchev–Trinajstić information content (AvgIpc) is 3.56. The number of ether oxygens (including phenoxy) is 1. The van der Waals surface area contributed by atoms with Gasteiger partial charge in [0.05, 0.1) is 6.10 Å². The summed E-state index contributed by atoms with van der Waals surface area (Å²) in [7, 11) is 0. The Bertz CT molecular complexity index is 769. The number of likely N-dealkylation sites (tertiary alicyclic amines) is 1. The Hall–Kier alpha value is -1.92. The van der Waals surface area contributed by atoms with Crippen LogP contribution >= 0.6 is 0 Å². The molecule has 0 unspecified atom stereocenters. The van der Waals surface area contributed by atoms with Gasteiger partial charge in [0, 0.05) is 31.7 Å². The fourth-order valence-corrected chi connectivity index (χ4v) is 4.50. The van der Waals surface area contributed by atoms with Crippen LogP contribution in [0.15, 0.2) is 18.2 Å². The van der Waals surface area contributed by atoms with Crippen LogP contribution in [-0.2, 0) is 9.53 Å². The van der Waals surface area contributed by atoms with E-state index in [0.717, 1.165) is 31.1 Å². The average molecular weight is 414 g/mol. The van der Waals surface area contributed by atoms with Gasteiger partial charge in [0.1, 0.15) is 6.61 Å². The molecule has 3 aliphatic rings. The van der Waals surface area contributed by atoms with Gasteiger partial charge in [0.15, 0.2) is 0 Å². The smallest absolute Gasteiger partial charge is 0.251 e. The zero-order valence-electron chi connectivity index (χ0n) is 18.4. The Morgan fingerprint density at radius 3 is 2.50 bits per heavy atom. The Balaban J connectivity index is 1.22. The van der Waals surface area contributed by atoms with E-state index in [1.807, 2.05) is 36.9 Å². The van der Waals surface area contributed by atoms with E-state index < -0.39 is 0 Å². The minimum Gasteiger partial charge on any atom is -0.365 e. The monoisotopic (exact) mass is 413 g/mol. The second-order valence-electron chi connectivity index (χ2n) is 9.43. The topological polar surface area (TPSA) is 61.9 Å². The van der Waals surface area contributed by atoms with Gasteiger partial charge in [-0.2, -0.15) is 0 Å². The normalized spacial score (nSPS) is 23.6. The highest BCUT2D eigenvalue weighted by atomic mass is 16.5. The largest absolute Gasteiger partial charge is 0.365 e. The van der Waals surface area contributed by atoms with Gasteiger partial charge in [0.2, 0.25) is 5.91 Å². The van der Waals surface area contributed by atoms with Crippen molar-refractivity contribution in [2.24, 2.45) is 11.8 Å². The lowest BCUT2D eigenvalue weighted by atomic mass is 9.95. The molecule has 0 aromatic heterocycles. The van der Waals surface area contributed by atoms with Gasteiger partial charge >= 0.3 is 0 Å². The number of carbonyl (C=O) groups is 2. The summed E-state index contributed by atoms with van der Waals surface area (Å²) in [6.45, 7) is 9.57. The maximum Gasteiger partial charge on any atom is 0.251 e. The van der Waals surface area contributed by atoms with Crippen LogP contribution in [0.3, 0.4) is 0 Å². The molecule has 164 valence electrons. The number of hydrogen-bond acceptors (Lipinski definition) is 4. The van der Waals surface area contributed by atoms with E-state index >= 15 is 0 Å². The highest BCUT2D eigenvalue weighted by Gasteiger charge is 2.31. The van der Waals surface area contributed by atoms with Crippen molar-refractivity contribution >= 4 is 11.8 Å². The molecule has 2 aliphatic heterocycles. The first-order valence-corrected chi connectivity index (χ1v) is 11.4. The molecule has 4 rings (SSSR count). The van der Waals surface area contributed by atoms with Crippen LogP contribution in [0.5, 0.6) is 0 Å². The summed E-state index contributed by atoms with van der Waals surface area (Å²) in [5, 5.41) is 2.98. The first-order chi connectivity index (χ1) is 14.5. The molecular formula is C24H35N3O3. The van der Waals surface area contributed by atoms with Gasteiger partial charge in [-0.3, -0.25) is 9.59 Å². The van der Waals surface area contributed by atoms with Crippen LogP contribution in [-0.4, -0.2) is 73.6 Å². The highest BCUT2D eigenvalue weighted by molar-refractivity contribution is 5.94. The first-order valence-electron chi connectivity index (χ1n) is 11.4. The quantitative estimate of drug-likeness (QED) is 0.746. The maximum absolute atomic E-state index is 12.5. The van der Waals surface area contributed by atoms with Gasteiger partial charge in [-0.1, -0.05) is 6.07 Å². The molecule has 2 heterocycles. The second kappa shape index (κ2) is 9.48. The van der Waals surface area contributed by atoms with Crippen LogP contribution in [0.2, 0.25) is 0 Å². The molecule has 0 spiro atoms. The van der Waals surface area contributed by atoms with Gasteiger partial charge in [-0.15, -0.1) is 0 Å². The van der Waals surface area contributed by atoms with E-state index in [0.29, 0.717) is 24.6 Å². The number of benzene rings is 1. The minimum atomic E-state index is -0.145. The fraction of sp³-hybridized carbons (Fsp3) is 0.667. The molecule has 2 saturated heterocycles. The van der Waals surface area contributed by atoms with E-state index in [4.69, 9.17) is 4.74 Å². The number of nitrogens with zero attached hydrogens (tertiary/aromatic N) is 2. The first kappa shape index (κ1) is 21.3. The summed E-state index contributed by atoms with van der Waals surface area (Å²) in [4.78, 5) is 29.4. The van der Waals surface area contributed by atoms with E-state index in [-0.39, 0.29) is 24.5 Å². The lowest BCUT2D eigenvalue weighted by molar-refractivity contribution is -0.149. The molecule has 6 nitrogen and oxygen atoms in total. The summed E-state index contributed by atoms with van der Waals surface area (Å²) in [5.41, 5.74) is 2.95. The maximum atomic E-state index is 12.5. The standard InChI is InChI=1S/C24H35N3O3/c1-17-3-6-21(11-18(17)2)24(29)25-12-22-15-27(23(28)16-30-22)14-20-7-9-26(10-8-20)13-19-4-5-19/h3,6,11,19-20,22H,4-5,7-10,12-16H2,1-2H3,(H,25,29)/t22-/m0/s1.